The molecule has 1 aromatic carbocycles. The third-order valence-electron chi connectivity index (χ3n) is 15.1. The number of aromatic hydroxyl groups is 2. The fourth-order valence-electron chi connectivity index (χ4n) is 12.0. The van der Waals surface area contributed by atoms with Crippen LogP contribution in [-0.2, 0) is 9.53 Å². The molecule has 0 radical (unpaired) electrons. The molecule has 5 heteroatoms. The van der Waals surface area contributed by atoms with Gasteiger partial charge < -0.3 is 20.1 Å². The predicted octanol–water partition coefficient (Wildman–Crippen LogP) is 8.82. The Morgan fingerprint density at radius 1 is 0.886 bits per heavy atom. The van der Waals surface area contributed by atoms with E-state index in [9.17, 15) is 20.1 Å². The van der Waals surface area contributed by atoms with Gasteiger partial charge in [0, 0.05) is 11.5 Å². The van der Waals surface area contributed by atoms with Gasteiger partial charge in [0.2, 0.25) is 0 Å². The second kappa shape index (κ2) is 10.1. The van der Waals surface area contributed by atoms with Gasteiger partial charge in [-0.05, 0) is 134 Å². The Hall–Kier alpha value is -2.27. The van der Waals surface area contributed by atoms with Crippen LogP contribution < -0.4 is 0 Å². The molecule has 44 heavy (non-hydrogen) atoms. The fraction of sp³-hybridized carbons (Fsp3) is 0.718. The monoisotopic (exact) mass is 604 g/mol. The standard InChI is InChI=1S/C39H56O5/c1-24-33-26-11-13-30-36(5)17-16-31(44-32(42)14-10-25-9-12-27(40)28(41)23-25)34(2,3)29(36)15-18-38(30,7)37(26,6)21-19-35(33,4)20-22-39(24,8)43/h9-12,14,23-24,29-31,33,40-41,43H,13,15-22H2,1-8H3/b14-10+/t24-,29+,30-,31+,33+,35?,36+,37-,38-,39+/m1/s1. The van der Waals surface area contributed by atoms with Crippen molar-refractivity contribution in [2.45, 2.75) is 125 Å². The predicted molar refractivity (Wildman–Crippen MR) is 175 cm³/mol. The average molecular weight is 605 g/mol. The van der Waals surface area contributed by atoms with E-state index in [4.69, 9.17) is 4.74 Å². The first kappa shape index (κ1) is 31.7. The molecule has 0 spiro atoms. The number of phenols is 2. The molecule has 5 aliphatic rings. The zero-order valence-corrected chi connectivity index (χ0v) is 28.4. The molecule has 0 saturated heterocycles. The van der Waals surface area contributed by atoms with Crippen LogP contribution in [0.2, 0.25) is 0 Å². The summed E-state index contributed by atoms with van der Waals surface area (Å²) in [7, 11) is 0. The van der Waals surface area contributed by atoms with E-state index in [1.165, 1.54) is 37.5 Å². The lowest BCUT2D eigenvalue weighted by Gasteiger charge is -2.71. The van der Waals surface area contributed by atoms with Gasteiger partial charge in [-0.2, -0.15) is 0 Å². The summed E-state index contributed by atoms with van der Waals surface area (Å²) in [5, 5.41) is 30.8. The van der Waals surface area contributed by atoms with Crippen LogP contribution in [0.3, 0.4) is 0 Å². The van der Waals surface area contributed by atoms with Crippen LogP contribution >= 0.6 is 0 Å². The molecule has 5 nitrogen and oxygen atoms in total. The second-order valence-electron chi connectivity index (χ2n) is 17.4. The number of carbonyl (C=O) groups excluding carboxylic acids is 1. The number of ether oxygens (including phenoxy) is 1. The highest BCUT2D eigenvalue weighted by molar-refractivity contribution is 5.87. The summed E-state index contributed by atoms with van der Waals surface area (Å²) in [6, 6.07) is 4.50. The minimum absolute atomic E-state index is 0.136. The topological polar surface area (TPSA) is 87.0 Å². The van der Waals surface area contributed by atoms with Crippen LogP contribution in [0.1, 0.15) is 119 Å². The third-order valence-corrected chi connectivity index (χ3v) is 15.1. The van der Waals surface area contributed by atoms with Crippen LogP contribution in [0.5, 0.6) is 11.5 Å². The number of hydrogen-bond donors (Lipinski definition) is 3. The molecule has 6 rings (SSSR count). The van der Waals surface area contributed by atoms with Crippen molar-refractivity contribution in [2.75, 3.05) is 0 Å². The molecular formula is C39H56O5. The third kappa shape index (κ3) is 4.45. The second-order valence-corrected chi connectivity index (χ2v) is 17.4. The Labute approximate surface area is 265 Å². The molecule has 0 bridgehead atoms. The zero-order valence-electron chi connectivity index (χ0n) is 28.4. The van der Waals surface area contributed by atoms with E-state index >= 15 is 0 Å². The van der Waals surface area contributed by atoms with E-state index in [1.807, 2.05) is 0 Å². The maximum Gasteiger partial charge on any atom is 0.331 e. The largest absolute Gasteiger partial charge is 0.504 e. The Kier molecular flexibility index (Phi) is 7.29. The Balaban J connectivity index is 1.25. The van der Waals surface area contributed by atoms with Gasteiger partial charge in [0.15, 0.2) is 11.5 Å². The van der Waals surface area contributed by atoms with Crippen molar-refractivity contribution in [2.24, 2.45) is 50.7 Å². The summed E-state index contributed by atoms with van der Waals surface area (Å²) in [5.74, 6) is 0.982. The van der Waals surface area contributed by atoms with Gasteiger partial charge >= 0.3 is 5.97 Å². The van der Waals surface area contributed by atoms with Gasteiger partial charge in [-0.1, -0.05) is 66.2 Å². The molecule has 10 atom stereocenters. The molecular weight excluding hydrogens is 548 g/mol. The van der Waals surface area contributed by atoms with E-state index in [0.29, 0.717) is 23.3 Å². The van der Waals surface area contributed by atoms with Gasteiger partial charge in [0.25, 0.3) is 0 Å². The quantitative estimate of drug-likeness (QED) is 0.139. The molecule has 0 heterocycles. The lowest BCUT2D eigenvalue weighted by Crippen LogP contribution is -2.65. The van der Waals surface area contributed by atoms with E-state index in [1.54, 1.807) is 17.7 Å². The van der Waals surface area contributed by atoms with E-state index in [2.05, 4.69) is 61.5 Å². The number of carbonyl (C=O) groups is 1. The first-order valence-electron chi connectivity index (χ1n) is 17.2. The molecule has 242 valence electrons. The molecule has 0 aliphatic heterocycles. The minimum Gasteiger partial charge on any atom is -0.504 e. The summed E-state index contributed by atoms with van der Waals surface area (Å²) in [4.78, 5) is 13.0. The van der Waals surface area contributed by atoms with Crippen LogP contribution in [0.15, 0.2) is 35.9 Å². The number of hydrogen-bond acceptors (Lipinski definition) is 5. The van der Waals surface area contributed by atoms with Gasteiger partial charge in [-0.25, -0.2) is 4.79 Å². The van der Waals surface area contributed by atoms with Crippen LogP contribution in [0.4, 0.5) is 0 Å². The Morgan fingerprint density at radius 2 is 1.59 bits per heavy atom. The summed E-state index contributed by atoms with van der Waals surface area (Å²) in [6.07, 6.45) is 15.4. The molecule has 5 aliphatic carbocycles. The van der Waals surface area contributed by atoms with Crippen molar-refractivity contribution >= 4 is 12.0 Å². The number of fused-ring (bicyclic) bond motifs is 7. The van der Waals surface area contributed by atoms with E-state index < -0.39 is 5.60 Å². The van der Waals surface area contributed by atoms with E-state index in [0.717, 1.165) is 38.5 Å². The van der Waals surface area contributed by atoms with Crippen LogP contribution in [0, 0.1) is 50.7 Å². The average Bonchev–Trinajstić information content (AvgIpc) is 2.94. The molecule has 0 aromatic heterocycles. The number of phenolic OH excluding ortho intramolecular Hbond substituents is 2. The van der Waals surface area contributed by atoms with Crippen LogP contribution in [0.25, 0.3) is 6.08 Å². The number of allylic oxidation sites excluding steroid dienone is 2. The van der Waals surface area contributed by atoms with Crippen molar-refractivity contribution in [1.29, 1.82) is 0 Å². The number of esters is 1. The van der Waals surface area contributed by atoms with Gasteiger partial charge in [0.05, 0.1) is 5.60 Å². The van der Waals surface area contributed by atoms with Crippen molar-refractivity contribution in [3.8, 4) is 11.5 Å². The highest BCUT2D eigenvalue weighted by Crippen LogP contribution is 2.76. The minimum atomic E-state index is -0.606. The maximum absolute atomic E-state index is 13.0. The summed E-state index contributed by atoms with van der Waals surface area (Å²) < 4.78 is 6.17. The molecule has 1 aromatic rings. The first-order chi connectivity index (χ1) is 20.4. The lowest BCUT2D eigenvalue weighted by atomic mass is 9.33. The Morgan fingerprint density at radius 3 is 2.30 bits per heavy atom. The summed E-state index contributed by atoms with van der Waals surface area (Å²) in [5.41, 5.74) is 2.31. The molecule has 0 amide bonds. The van der Waals surface area contributed by atoms with Gasteiger partial charge in [-0.3, -0.25) is 0 Å². The number of aliphatic hydroxyl groups is 1. The smallest absolute Gasteiger partial charge is 0.331 e. The molecule has 1 unspecified atom stereocenters. The maximum atomic E-state index is 13.0. The SMILES string of the molecule is C[C@@H]1[C@H]2C3=CC[C@@H]4[C@@]5(C)CC[C@H](OC(=O)/C=C/c6ccc(O)c(O)c6)C(C)(C)[C@@H]5CC[C@@]4(C)[C@]3(C)CCC2(C)CC[C@]1(C)O. The van der Waals surface area contributed by atoms with Crippen molar-refractivity contribution in [1.82, 2.24) is 0 Å². The Bertz CT molecular complexity index is 1390. The molecule has 4 fully saturated rings. The lowest BCUT2D eigenvalue weighted by molar-refractivity contribution is -0.213. The highest BCUT2D eigenvalue weighted by Gasteiger charge is 2.69. The fourth-order valence-corrected chi connectivity index (χ4v) is 12.0. The van der Waals surface area contributed by atoms with E-state index in [-0.39, 0.29) is 56.6 Å². The normalized spacial score (nSPS) is 46.2. The number of rotatable bonds is 3. The highest BCUT2D eigenvalue weighted by atomic mass is 16.5. The zero-order chi connectivity index (χ0) is 32.1. The van der Waals surface area contributed by atoms with Crippen LogP contribution in [-0.4, -0.2) is 33.0 Å². The van der Waals surface area contributed by atoms with Crippen molar-refractivity contribution in [3.63, 3.8) is 0 Å². The summed E-state index contributed by atoms with van der Waals surface area (Å²) in [6.45, 7) is 19.3. The van der Waals surface area contributed by atoms with Gasteiger partial charge in [-0.15, -0.1) is 0 Å². The summed E-state index contributed by atoms with van der Waals surface area (Å²) >= 11 is 0. The number of benzene rings is 1. The molecule has 4 saturated carbocycles. The van der Waals surface area contributed by atoms with Gasteiger partial charge in [0.1, 0.15) is 6.10 Å². The van der Waals surface area contributed by atoms with Crippen molar-refractivity contribution in [3.05, 3.63) is 41.5 Å². The van der Waals surface area contributed by atoms with Crippen molar-refractivity contribution < 1.29 is 24.9 Å². The first-order valence-corrected chi connectivity index (χ1v) is 17.2. The molecule has 3 N–H and O–H groups in total.